The summed E-state index contributed by atoms with van der Waals surface area (Å²) in [7, 11) is 2.06. The summed E-state index contributed by atoms with van der Waals surface area (Å²) >= 11 is 5.95. The smallest absolute Gasteiger partial charge is 0.256 e. The lowest BCUT2D eigenvalue weighted by molar-refractivity contribution is -0.653. The molecule has 3 rings (SSSR count). The summed E-state index contributed by atoms with van der Waals surface area (Å²) in [5.74, 6) is 1.85. The third kappa shape index (κ3) is 4.46. The van der Waals surface area contributed by atoms with Gasteiger partial charge in [0.15, 0.2) is 11.0 Å². The fraction of sp³-hybridized carbons (Fsp3) is 0.316. The van der Waals surface area contributed by atoms with Gasteiger partial charge in [-0.3, -0.25) is 0 Å². The van der Waals surface area contributed by atoms with Gasteiger partial charge in [0.05, 0.1) is 7.05 Å². The first kappa shape index (κ1) is 20.0. The van der Waals surface area contributed by atoms with E-state index in [9.17, 15) is 5.11 Å². The number of benzene rings is 2. The molecule has 1 N–H and O–H groups in total. The number of nitrogens with zero attached hydrogens (tertiary/aromatic N) is 2. The zero-order valence-corrected chi connectivity index (χ0v) is 17.2. The van der Waals surface area contributed by atoms with Gasteiger partial charge in [0.25, 0.3) is 5.82 Å². The van der Waals surface area contributed by atoms with Crippen molar-refractivity contribution in [1.29, 1.82) is 0 Å². The van der Waals surface area contributed by atoms with E-state index in [0.717, 1.165) is 17.5 Å². The normalized spacial score (nSPS) is 12.0. The Morgan fingerprint density at radius 3 is 2.68 bits per heavy atom. The van der Waals surface area contributed by atoms with Crippen molar-refractivity contribution in [3.8, 4) is 5.75 Å². The Hall–Kier alpha value is -1.31. The first-order valence-corrected chi connectivity index (χ1v) is 8.50. The van der Waals surface area contributed by atoms with Gasteiger partial charge in [0.2, 0.25) is 0 Å². The number of fused-ring (bicyclic) bond motifs is 1. The van der Waals surface area contributed by atoms with Crippen LogP contribution in [0.15, 0.2) is 48.5 Å². The number of aliphatic hydroxyl groups excluding tert-OH is 1. The van der Waals surface area contributed by atoms with Crippen LogP contribution in [0.3, 0.4) is 0 Å². The molecule has 25 heavy (non-hydrogen) atoms. The molecule has 0 radical (unpaired) electrons. The fourth-order valence-corrected chi connectivity index (χ4v) is 3.26. The summed E-state index contributed by atoms with van der Waals surface area (Å²) in [5, 5.41) is 11.1. The summed E-state index contributed by atoms with van der Waals surface area (Å²) in [6.07, 6.45) is 0.289. The lowest BCUT2D eigenvalue weighted by atomic mass is 10.3. The maximum atomic E-state index is 10.4. The number of rotatable bonds is 6. The van der Waals surface area contributed by atoms with Crippen LogP contribution >= 0.6 is 11.6 Å². The standard InChI is InChI=1S/C19H22ClN2O2.HI/c1-3-19-21(2)17-9-4-5-10-18(17)22(19)12-15(23)13-24-16-8-6-7-14(20)11-16;/h4-11,15,23H,3,12-13H2,1-2H3;1H/q+1;/p-1. The topological polar surface area (TPSA) is 38.3 Å². The van der Waals surface area contributed by atoms with Gasteiger partial charge in [-0.2, -0.15) is 0 Å². The van der Waals surface area contributed by atoms with E-state index in [0.29, 0.717) is 17.3 Å². The Balaban J connectivity index is 0.00000225. The molecule has 0 aliphatic rings. The molecule has 1 heterocycles. The maximum absolute atomic E-state index is 10.4. The second-order valence-electron chi connectivity index (χ2n) is 5.85. The summed E-state index contributed by atoms with van der Waals surface area (Å²) in [5.41, 5.74) is 2.29. The SMILES string of the molecule is CCc1n(CC(O)COc2cccc(Cl)c2)c2ccccc2[n+]1C.[I-]. The first-order valence-electron chi connectivity index (χ1n) is 8.12. The van der Waals surface area contributed by atoms with E-state index < -0.39 is 6.10 Å². The molecular formula is C19H22ClIN2O2. The number of imidazole rings is 1. The van der Waals surface area contributed by atoms with Crippen molar-refractivity contribution in [2.24, 2.45) is 7.05 Å². The Kier molecular flexibility index (Phi) is 7.10. The molecule has 0 aliphatic carbocycles. The monoisotopic (exact) mass is 472 g/mol. The van der Waals surface area contributed by atoms with Crippen molar-refractivity contribution in [3.05, 3.63) is 59.4 Å². The van der Waals surface area contributed by atoms with Crippen LogP contribution in [0.25, 0.3) is 11.0 Å². The number of hydrogen-bond donors (Lipinski definition) is 1. The highest BCUT2D eigenvalue weighted by Gasteiger charge is 2.23. The largest absolute Gasteiger partial charge is 1.00 e. The maximum Gasteiger partial charge on any atom is 0.256 e. The van der Waals surface area contributed by atoms with E-state index in [-0.39, 0.29) is 30.6 Å². The number of ether oxygens (including phenoxy) is 1. The van der Waals surface area contributed by atoms with Gasteiger partial charge in [0.1, 0.15) is 25.0 Å². The number of aromatic nitrogens is 2. The quantitative estimate of drug-likeness (QED) is 0.409. The van der Waals surface area contributed by atoms with Crippen LogP contribution in [0.5, 0.6) is 5.75 Å². The molecule has 0 saturated heterocycles. The Morgan fingerprint density at radius 2 is 1.96 bits per heavy atom. The molecule has 6 heteroatoms. The predicted molar refractivity (Wildman–Crippen MR) is 95.4 cm³/mol. The van der Waals surface area contributed by atoms with Crippen molar-refractivity contribution in [1.82, 2.24) is 4.57 Å². The molecule has 0 fully saturated rings. The van der Waals surface area contributed by atoms with Gasteiger partial charge >= 0.3 is 0 Å². The van der Waals surface area contributed by atoms with Gasteiger partial charge in [-0.25, -0.2) is 9.13 Å². The molecule has 2 aromatic carbocycles. The second kappa shape index (κ2) is 8.87. The van der Waals surface area contributed by atoms with Gasteiger partial charge in [-0.1, -0.05) is 36.7 Å². The van der Waals surface area contributed by atoms with Crippen LogP contribution in [0.4, 0.5) is 0 Å². The predicted octanol–water partition coefficient (Wildman–Crippen LogP) is 0.126. The number of aliphatic hydroxyl groups is 1. The number of aryl methyl sites for hydroxylation is 1. The zero-order chi connectivity index (χ0) is 17.1. The highest BCUT2D eigenvalue weighted by Crippen LogP contribution is 2.18. The van der Waals surface area contributed by atoms with E-state index in [1.807, 2.05) is 24.3 Å². The molecule has 3 aromatic rings. The number of para-hydroxylation sites is 2. The Bertz CT molecular complexity index is 851. The van der Waals surface area contributed by atoms with Crippen LogP contribution in [-0.2, 0) is 20.0 Å². The number of hydrogen-bond acceptors (Lipinski definition) is 2. The van der Waals surface area contributed by atoms with E-state index in [4.69, 9.17) is 16.3 Å². The summed E-state index contributed by atoms with van der Waals surface area (Å²) < 4.78 is 10.0. The Morgan fingerprint density at radius 1 is 1.20 bits per heavy atom. The van der Waals surface area contributed by atoms with Crippen LogP contribution in [-0.4, -0.2) is 22.4 Å². The van der Waals surface area contributed by atoms with Crippen LogP contribution in [0, 0.1) is 0 Å². The van der Waals surface area contributed by atoms with Crippen molar-refractivity contribution in [3.63, 3.8) is 0 Å². The third-order valence-electron chi connectivity index (χ3n) is 4.18. The number of halogens is 2. The molecule has 1 unspecified atom stereocenters. The fourth-order valence-electron chi connectivity index (χ4n) is 3.08. The van der Waals surface area contributed by atoms with Crippen molar-refractivity contribution >= 4 is 22.6 Å². The lowest BCUT2D eigenvalue weighted by Gasteiger charge is -2.12. The average molecular weight is 473 g/mol. The molecule has 0 aliphatic heterocycles. The molecule has 1 atom stereocenters. The molecular weight excluding hydrogens is 451 g/mol. The molecule has 0 amide bonds. The molecule has 0 spiro atoms. The van der Waals surface area contributed by atoms with Gasteiger partial charge in [-0.05, 0) is 30.3 Å². The minimum absolute atomic E-state index is 0. The Labute approximate surface area is 170 Å². The summed E-state index contributed by atoms with van der Waals surface area (Å²) in [6, 6.07) is 15.4. The average Bonchev–Trinajstić information content (AvgIpc) is 2.85. The minimum atomic E-state index is -0.606. The molecule has 0 saturated carbocycles. The van der Waals surface area contributed by atoms with Crippen LogP contribution in [0.1, 0.15) is 12.7 Å². The zero-order valence-electron chi connectivity index (χ0n) is 14.3. The lowest BCUT2D eigenvalue weighted by Crippen LogP contribution is -3.00. The molecule has 134 valence electrons. The van der Waals surface area contributed by atoms with Gasteiger partial charge in [0, 0.05) is 11.4 Å². The van der Waals surface area contributed by atoms with Crippen molar-refractivity contribution < 1.29 is 38.4 Å². The van der Waals surface area contributed by atoms with Crippen molar-refractivity contribution in [2.75, 3.05) is 6.61 Å². The minimum Gasteiger partial charge on any atom is -1.00 e. The van der Waals surface area contributed by atoms with Gasteiger partial charge < -0.3 is 33.8 Å². The highest BCUT2D eigenvalue weighted by molar-refractivity contribution is 6.30. The van der Waals surface area contributed by atoms with Crippen molar-refractivity contribution in [2.45, 2.75) is 26.0 Å². The molecule has 1 aromatic heterocycles. The van der Waals surface area contributed by atoms with Crippen LogP contribution in [0.2, 0.25) is 5.02 Å². The van der Waals surface area contributed by atoms with Crippen LogP contribution < -0.4 is 33.3 Å². The summed E-state index contributed by atoms with van der Waals surface area (Å²) in [6.45, 7) is 2.84. The van der Waals surface area contributed by atoms with E-state index >= 15 is 0 Å². The highest BCUT2D eigenvalue weighted by atomic mass is 127. The van der Waals surface area contributed by atoms with E-state index in [1.54, 1.807) is 12.1 Å². The third-order valence-corrected chi connectivity index (χ3v) is 4.42. The van der Waals surface area contributed by atoms with Gasteiger partial charge in [-0.15, -0.1) is 0 Å². The molecule has 4 nitrogen and oxygen atoms in total. The van der Waals surface area contributed by atoms with E-state index in [1.165, 1.54) is 5.82 Å². The molecule has 0 bridgehead atoms. The second-order valence-corrected chi connectivity index (χ2v) is 6.29. The first-order chi connectivity index (χ1) is 11.6. The summed E-state index contributed by atoms with van der Waals surface area (Å²) in [4.78, 5) is 0. The van der Waals surface area contributed by atoms with E-state index in [2.05, 4.69) is 35.2 Å².